The van der Waals surface area contributed by atoms with Gasteiger partial charge in [0.2, 0.25) is 0 Å². The van der Waals surface area contributed by atoms with Crippen molar-refractivity contribution in [2.45, 2.75) is 26.4 Å². The molecule has 0 atom stereocenters. The molecule has 1 saturated heterocycles. The predicted octanol–water partition coefficient (Wildman–Crippen LogP) is 1.80. The lowest BCUT2D eigenvalue weighted by Gasteiger charge is -2.38. The summed E-state index contributed by atoms with van der Waals surface area (Å²) in [5.41, 5.74) is 1.04. The molecule has 0 saturated carbocycles. The highest BCUT2D eigenvalue weighted by atomic mass is 16.6. The summed E-state index contributed by atoms with van der Waals surface area (Å²) in [4.78, 5) is 15.1. The summed E-state index contributed by atoms with van der Waals surface area (Å²) in [5, 5.41) is 21.1. The van der Waals surface area contributed by atoms with Crippen LogP contribution in [0.4, 0.5) is 11.4 Å². The number of nitro benzene ring substituents is 1. The van der Waals surface area contributed by atoms with Crippen LogP contribution in [0.2, 0.25) is 0 Å². The van der Waals surface area contributed by atoms with E-state index in [1.807, 2.05) is 19.1 Å². The normalized spacial score (nSPS) is 17.0. The molecule has 1 aromatic rings. The van der Waals surface area contributed by atoms with Crippen molar-refractivity contribution in [3.63, 3.8) is 0 Å². The molecule has 1 aromatic carbocycles. The van der Waals surface area contributed by atoms with Crippen LogP contribution < -0.4 is 4.90 Å². The first-order valence-corrected chi connectivity index (χ1v) is 7.21. The Bertz CT molecular complexity index is 517. The van der Waals surface area contributed by atoms with Crippen molar-refractivity contribution < 1.29 is 10.0 Å². The summed E-state index contributed by atoms with van der Waals surface area (Å²) in [6.45, 7) is 9.15. The largest absolute Gasteiger partial charge is 0.389 e. The molecule has 1 fully saturated rings. The van der Waals surface area contributed by atoms with E-state index in [9.17, 15) is 15.2 Å². The monoisotopic (exact) mass is 293 g/mol. The van der Waals surface area contributed by atoms with Crippen molar-refractivity contribution in [2.24, 2.45) is 0 Å². The van der Waals surface area contributed by atoms with E-state index in [1.54, 1.807) is 19.9 Å². The molecule has 1 heterocycles. The first kappa shape index (κ1) is 15.7. The van der Waals surface area contributed by atoms with E-state index in [0.29, 0.717) is 12.2 Å². The molecule has 0 radical (unpaired) electrons. The summed E-state index contributed by atoms with van der Waals surface area (Å²) in [7, 11) is 0. The molecule has 0 amide bonds. The highest BCUT2D eigenvalue weighted by Crippen LogP contribution is 2.29. The Balaban J connectivity index is 2.07. The third-order valence-corrected chi connectivity index (χ3v) is 3.65. The van der Waals surface area contributed by atoms with E-state index < -0.39 is 5.60 Å². The molecular formula is C15H23N3O3. The van der Waals surface area contributed by atoms with Gasteiger partial charge in [0, 0.05) is 38.8 Å². The van der Waals surface area contributed by atoms with E-state index in [4.69, 9.17) is 0 Å². The van der Waals surface area contributed by atoms with Gasteiger partial charge in [-0.3, -0.25) is 15.0 Å². The molecule has 21 heavy (non-hydrogen) atoms. The Morgan fingerprint density at radius 3 is 2.43 bits per heavy atom. The van der Waals surface area contributed by atoms with Crippen LogP contribution in [0.5, 0.6) is 0 Å². The molecule has 1 aliphatic rings. The first-order valence-electron chi connectivity index (χ1n) is 7.21. The Labute approximate surface area is 125 Å². The Morgan fingerprint density at radius 1 is 1.29 bits per heavy atom. The molecular weight excluding hydrogens is 270 g/mol. The zero-order valence-electron chi connectivity index (χ0n) is 12.9. The van der Waals surface area contributed by atoms with Crippen LogP contribution >= 0.6 is 0 Å². The second-order valence-corrected chi connectivity index (χ2v) is 6.32. The SMILES string of the molecule is Cc1ccc(N2CCN(CC(C)(C)O)CC2)c([N+](=O)[O-])c1. The van der Waals surface area contributed by atoms with Crippen molar-refractivity contribution in [1.29, 1.82) is 0 Å². The lowest BCUT2D eigenvalue weighted by atomic mass is 10.1. The number of aliphatic hydroxyl groups is 1. The van der Waals surface area contributed by atoms with E-state index in [2.05, 4.69) is 9.80 Å². The maximum Gasteiger partial charge on any atom is 0.292 e. The molecule has 1 N–H and O–H groups in total. The summed E-state index contributed by atoms with van der Waals surface area (Å²) in [6, 6.07) is 5.36. The van der Waals surface area contributed by atoms with Gasteiger partial charge < -0.3 is 10.0 Å². The van der Waals surface area contributed by atoms with Gasteiger partial charge in [-0.15, -0.1) is 0 Å². The molecule has 6 heteroatoms. The fourth-order valence-corrected chi connectivity index (χ4v) is 2.74. The van der Waals surface area contributed by atoms with Crippen LogP contribution in [-0.4, -0.2) is 53.3 Å². The number of hydrogen-bond acceptors (Lipinski definition) is 5. The van der Waals surface area contributed by atoms with Crippen LogP contribution in [-0.2, 0) is 0 Å². The number of hydrogen-bond donors (Lipinski definition) is 1. The van der Waals surface area contributed by atoms with Gasteiger partial charge in [-0.25, -0.2) is 0 Å². The quantitative estimate of drug-likeness (QED) is 0.677. The highest BCUT2D eigenvalue weighted by molar-refractivity contribution is 5.64. The average molecular weight is 293 g/mol. The standard InChI is InChI=1S/C15H23N3O3/c1-12-4-5-13(14(10-12)18(20)21)17-8-6-16(7-9-17)11-15(2,3)19/h4-5,10,19H,6-9,11H2,1-3H3. The highest BCUT2D eigenvalue weighted by Gasteiger charge is 2.26. The van der Waals surface area contributed by atoms with Crippen molar-refractivity contribution in [1.82, 2.24) is 4.90 Å². The van der Waals surface area contributed by atoms with E-state index in [0.717, 1.165) is 31.7 Å². The number of nitro groups is 1. The van der Waals surface area contributed by atoms with Crippen LogP contribution in [0.25, 0.3) is 0 Å². The Morgan fingerprint density at radius 2 is 1.90 bits per heavy atom. The molecule has 6 nitrogen and oxygen atoms in total. The van der Waals surface area contributed by atoms with Crippen molar-refractivity contribution in [3.05, 3.63) is 33.9 Å². The third kappa shape index (κ3) is 4.15. The van der Waals surface area contributed by atoms with Gasteiger partial charge in [0.05, 0.1) is 10.5 Å². The van der Waals surface area contributed by atoms with Gasteiger partial charge in [-0.05, 0) is 32.4 Å². The molecule has 0 aliphatic carbocycles. The zero-order chi connectivity index (χ0) is 15.6. The van der Waals surface area contributed by atoms with Crippen LogP contribution in [0.3, 0.4) is 0 Å². The van der Waals surface area contributed by atoms with Gasteiger partial charge in [-0.1, -0.05) is 6.07 Å². The fraction of sp³-hybridized carbons (Fsp3) is 0.600. The molecule has 116 valence electrons. The average Bonchev–Trinajstić information content (AvgIpc) is 2.38. The number of nitrogens with zero attached hydrogens (tertiary/aromatic N) is 3. The van der Waals surface area contributed by atoms with Gasteiger partial charge in [0.15, 0.2) is 0 Å². The maximum absolute atomic E-state index is 11.2. The van der Waals surface area contributed by atoms with Crippen LogP contribution in [0.15, 0.2) is 18.2 Å². The summed E-state index contributed by atoms with van der Waals surface area (Å²) in [6.07, 6.45) is 0. The number of benzene rings is 1. The molecule has 1 aliphatic heterocycles. The third-order valence-electron chi connectivity index (χ3n) is 3.65. The van der Waals surface area contributed by atoms with Gasteiger partial charge in [0.1, 0.15) is 5.69 Å². The minimum Gasteiger partial charge on any atom is -0.389 e. The second kappa shape index (κ2) is 5.99. The fourth-order valence-electron chi connectivity index (χ4n) is 2.74. The second-order valence-electron chi connectivity index (χ2n) is 6.32. The lowest BCUT2D eigenvalue weighted by molar-refractivity contribution is -0.384. The molecule has 0 aromatic heterocycles. The Hall–Kier alpha value is -1.66. The number of β-amino-alcohol motifs (C(OH)–C–C–N with tert-alkyl or cyclic N) is 1. The van der Waals surface area contributed by atoms with Crippen molar-refractivity contribution in [3.8, 4) is 0 Å². The van der Waals surface area contributed by atoms with Gasteiger partial charge >= 0.3 is 0 Å². The Kier molecular flexibility index (Phi) is 4.49. The first-order chi connectivity index (χ1) is 9.76. The summed E-state index contributed by atoms with van der Waals surface area (Å²) < 4.78 is 0. The topological polar surface area (TPSA) is 69.8 Å². The van der Waals surface area contributed by atoms with Crippen molar-refractivity contribution in [2.75, 3.05) is 37.6 Å². The van der Waals surface area contributed by atoms with Gasteiger partial charge in [0.25, 0.3) is 5.69 Å². The van der Waals surface area contributed by atoms with E-state index in [-0.39, 0.29) is 10.6 Å². The van der Waals surface area contributed by atoms with E-state index >= 15 is 0 Å². The number of aryl methyl sites for hydroxylation is 1. The lowest BCUT2D eigenvalue weighted by Crippen LogP contribution is -2.50. The molecule has 0 spiro atoms. The van der Waals surface area contributed by atoms with E-state index in [1.165, 1.54) is 0 Å². The summed E-state index contributed by atoms with van der Waals surface area (Å²) >= 11 is 0. The van der Waals surface area contributed by atoms with Crippen LogP contribution in [0.1, 0.15) is 19.4 Å². The van der Waals surface area contributed by atoms with Gasteiger partial charge in [-0.2, -0.15) is 0 Å². The molecule has 0 bridgehead atoms. The number of rotatable bonds is 4. The maximum atomic E-state index is 11.2. The number of anilines is 1. The molecule has 0 unspecified atom stereocenters. The minimum atomic E-state index is -0.710. The minimum absolute atomic E-state index is 0.172. The van der Waals surface area contributed by atoms with Crippen LogP contribution in [0, 0.1) is 17.0 Å². The smallest absolute Gasteiger partial charge is 0.292 e. The zero-order valence-corrected chi connectivity index (χ0v) is 12.9. The van der Waals surface area contributed by atoms with Crippen molar-refractivity contribution >= 4 is 11.4 Å². The number of piperazine rings is 1. The predicted molar refractivity (Wildman–Crippen MR) is 82.8 cm³/mol. The summed E-state index contributed by atoms with van der Waals surface area (Å²) in [5.74, 6) is 0. The molecule has 2 rings (SSSR count).